The quantitative estimate of drug-likeness (QED) is 0.467. The smallest absolute Gasteiger partial charge is 0.375 e. The van der Waals surface area contributed by atoms with E-state index in [1.807, 2.05) is 6.07 Å². The number of esters is 1. The van der Waals surface area contributed by atoms with Gasteiger partial charge in [-0.1, -0.05) is 4.68 Å². The van der Waals surface area contributed by atoms with Gasteiger partial charge >= 0.3 is 5.97 Å². The highest BCUT2D eigenvalue weighted by molar-refractivity contribution is 5.67. The Hall–Kier alpha value is -1.45. The van der Waals surface area contributed by atoms with Crippen LogP contribution in [0.3, 0.4) is 0 Å². The number of carbonyl (C=O) groups is 1. The summed E-state index contributed by atoms with van der Waals surface area (Å²) in [4.78, 5) is 10.9. The fourth-order valence-electron chi connectivity index (χ4n) is 0.794. The van der Waals surface area contributed by atoms with Crippen molar-refractivity contribution in [2.45, 2.75) is 13.5 Å². The first-order valence-electron chi connectivity index (χ1n) is 3.79. The van der Waals surface area contributed by atoms with Crippen LogP contribution < -0.4 is 4.68 Å². The number of hydrogen-bond acceptors (Lipinski definition) is 3. The van der Waals surface area contributed by atoms with Crippen molar-refractivity contribution in [3.63, 3.8) is 0 Å². The molecule has 0 aliphatic heterocycles. The average molecular weight is 167 g/mol. The molecule has 4 nitrogen and oxygen atoms in total. The van der Waals surface area contributed by atoms with Gasteiger partial charge in [0.1, 0.15) is 0 Å². The number of carbonyl (C=O) groups excluding carboxylic acids is 1. The van der Waals surface area contributed by atoms with E-state index in [1.165, 1.54) is 4.68 Å². The van der Waals surface area contributed by atoms with Crippen LogP contribution in [0, 0.1) is 0 Å². The standard InChI is InChI=1S/C8H11N2O2/c1-2-12-8(11)7-10-6-4-3-5-9-10/h3-6H,2,7H2,1H3/q+1. The van der Waals surface area contributed by atoms with E-state index in [0.717, 1.165) is 0 Å². The van der Waals surface area contributed by atoms with E-state index >= 15 is 0 Å². The minimum absolute atomic E-state index is 0.175. The normalized spacial score (nSPS) is 9.42. The molecule has 0 amide bonds. The first-order chi connectivity index (χ1) is 5.83. The van der Waals surface area contributed by atoms with Crippen LogP contribution in [0.2, 0.25) is 0 Å². The largest absolute Gasteiger partial charge is 0.461 e. The second kappa shape index (κ2) is 4.43. The Morgan fingerprint density at radius 1 is 1.58 bits per heavy atom. The van der Waals surface area contributed by atoms with Gasteiger partial charge in [-0.2, -0.15) is 0 Å². The van der Waals surface area contributed by atoms with Crippen molar-refractivity contribution in [2.24, 2.45) is 0 Å². The summed E-state index contributed by atoms with van der Waals surface area (Å²) < 4.78 is 6.27. The zero-order valence-corrected chi connectivity index (χ0v) is 6.93. The molecule has 0 atom stereocenters. The van der Waals surface area contributed by atoms with E-state index in [0.29, 0.717) is 6.61 Å². The van der Waals surface area contributed by atoms with E-state index in [1.54, 1.807) is 25.4 Å². The molecule has 1 aromatic rings. The van der Waals surface area contributed by atoms with Gasteiger partial charge in [0, 0.05) is 6.07 Å². The first kappa shape index (κ1) is 8.64. The summed E-state index contributed by atoms with van der Waals surface area (Å²) in [6, 6.07) is 3.61. The molecular weight excluding hydrogens is 156 g/mol. The average Bonchev–Trinajstić information content (AvgIpc) is 2.06. The number of aromatic nitrogens is 2. The molecule has 0 aliphatic carbocycles. The van der Waals surface area contributed by atoms with Crippen molar-refractivity contribution < 1.29 is 14.2 Å². The molecule has 0 radical (unpaired) electrons. The Kier molecular flexibility index (Phi) is 3.19. The van der Waals surface area contributed by atoms with Gasteiger partial charge in [-0.15, -0.1) is 0 Å². The Labute approximate surface area is 70.8 Å². The molecule has 0 unspecified atom stereocenters. The molecule has 0 spiro atoms. The van der Waals surface area contributed by atoms with E-state index in [9.17, 15) is 4.79 Å². The third kappa shape index (κ3) is 2.65. The predicted octanol–water partition coefficient (Wildman–Crippen LogP) is -0.0678. The molecule has 0 aliphatic rings. The SMILES string of the molecule is CCOC(=O)C[n+]1ccccn1. The summed E-state index contributed by atoms with van der Waals surface area (Å²) in [7, 11) is 0. The zero-order valence-electron chi connectivity index (χ0n) is 6.93. The highest BCUT2D eigenvalue weighted by Gasteiger charge is 2.09. The summed E-state index contributed by atoms with van der Waals surface area (Å²) in [5, 5.41) is 3.92. The summed E-state index contributed by atoms with van der Waals surface area (Å²) in [6.07, 6.45) is 3.34. The summed E-state index contributed by atoms with van der Waals surface area (Å²) in [5.74, 6) is -0.263. The third-order valence-corrected chi connectivity index (χ3v) is 1.27. The van der Waals surface area contributed by atoms with Gasteiger partial charge in [0.05, 0.1) is 12.8 Å². The molecule has 0 bridgehead atoms. The topological polar surface area (TPSA) is 43.1 Å². The van der Waals surface area contributed by atoms with Gasteiger partial charge in [-0.05, 0) is 18.1 Å². The lowest BCUT2D eigenvalue weighted by Gasteiger charge is -1.95. The van der Waals surface area contributed by atoms with Gasteiger partial charge in [0.25, 0.3) is 6.54 Å². The monoisotopic (exact) mass is 167 g/mol. The van der Waals surface area contributed by atoms with Crippen LogP contribution >= 0.6 is 0 Å². The molecule has 0 saturated carbocycles. The lowest BCUT2D eigenvalue weighted by Crippen LogP contribution is -2.41. The number of hydrogen-bond donors (Lipinski definition) is 0. The Balaban J connectivity index is 2.47. The van der Waals surface area contributed by atoms with E-state index in [4.69, 9.17) is 4.74 Å². The van der Waals surface area contributed by atoms with Crippen molar-refractivity contribution >= 4 is 5.97 Å². The van der Waals surface area contributed by atoms with E-state index in [-0.39, 0.29) is 12.5 Å². The maximum atomic E-state index is 10.9. The van der Waals surface area contributed by atoms with Crippen LogP contribution in [0.15, 0.2) is 24.5 Å². The molecule has 0 N–H and O–H groups in total. The Morgan fingerprint density at radius 3 is 3.00 bits per heavy atom. The second-order valence-electron chi connectivity index (χ2n) is 2.20. The van der Waals surface area contributed by atoms with Crippen molar-refractivity contribution in [3.8, 4) is 0 Å². The Morgan fingerprint density at radius 2 is 2.42 bits per heavy atom. The third-order valence-electron chi connectivity index (χ3n) is 1.27. The van der Waals surface area contributed by atoms with Gasteiger partial charge in [-0.25, -0.2) is 4.79 Å². The Bertz CT molecular complexity index is 248. The molecule has 0 aromatic carbocycles. The summed E-state index contributed by atoms with van der Waals surface area (Å²) in [6.45, 7) is 2.36. The fourth-order valence-corrected chi connectivity index (χ4v) is 0.794. The zero-order chi connectivity index (χ0) is 8.81. The second-order valence-corrected chi connectivity index (χ2v) is 2.20. The molecule has 1 heterocycles. The maximum absolute atomic E-state index is 10.9. The minimum atomic E-state index is -0.263. The van der Waals surface area contributed by atoms with E-state index in [2.05, 4.69) is 5.10 Å². The van der Waals surface area contributed by atoms with Gasteiger partial charge in [0.15, 0.2) is 6.20 Å². The molecule has 12 heavy (non-hydrogen) atoms. The van der Waals surface area contributed by atoms with Crippen LogP contribution in [0.25, 0.3) is 0 Å². The molecule has 0 saturated heterocycles. The highest BCUT2D eigenvalue weighted by atomic mass is 16.5. The van der Waals surface area contributed by atoms with Crippen LogP contribution in [0.4, 0.5) is 0 Å². The lowest BCUT2D eigenvalue weighted by molar-refractivity contribution is -0.743. The number of nitrogens with zero attached hydrogens (tertiary/aromatic N) is 2. The van der Waals surface area contributed by atoms with Crippen molar-refractivity contribution in [3.05, 3.63) is 24.5 Å². The van der Waals surface area contributed by atoms with Gasteiger partial charge in [-0.3, -0.25) is 0 Å². The molecular formula is C8H11N2O2+. The van der Waals surface area contributed by atoms with E-state index < -0.39 is 0 Å². The molecule has 4 heteroatoms. The summed E-state index contributed by atoms with van der Waals surface area (Å²) >= 11 is 0. The first-order valence-corrected chi connectivity index (χ1v) is 3.79. The maximum Gasteiger partial charge on any atom is 0.375 e. The minimum Gasteiger partial charge on any atom is -0.461 e. The van der Waals surface area contributed by atoms with Crippen LogP contribution in [-0.4, -0.2) is 17.7 Å². The van der Waals surface area contributed by atoms with Crippen molar-refractivity contribution in [1.29, 1.82) is 0 Å². The predicted molar refractivity (Wildman–Crippen MR) is 41.1 cm³/mol. The number of ether oxygens (including phenoxy) is 1. The van der Waals surface area contributed by atoms with Gasteiger partial charge in [0.2, 0.25) is 0 Å². The highest BCUT2D eigenvalue weighted by Crippen LogP contribution is 1.77. The fraction of sp³-hybridized carbons (Fsp3) is 0.375. The molecule has 0 fully saturated rings. The summed E-state index contributed by atoms with van der Waals surface area (Å²) in [5.41, 5.74) is 0. The van der Waals surface area contributed by atoms with Gasteiger partial charge < -0.3 is 4.74 Å². The van der Waals surface area contributed by atoms with Crippen LogP contribution in [0.5, 0.6) is 0 Å². The number of rotatable bonds is 3. The van der Waals surface area contributed by atoms with Crippen LogP contribution in [0.1, 0.15) is 6.92 Å². The van der Waals surface area contributed by atoms with Crippen LogP contribution in [-0.2, 0) is 16.1 Å². The lowest BCUT2D eigenvalue weighted by atomic mass is 10.5. The van der Waals surface area contributed by atoms with Crippen molar-refractivity contribution in [1.82, 2.24) is 5.10 Å². The van der Waals surface area contributed by atoms with Crippen molar-refractivity contribution in [2.75, 3.05) is 6.61 Å². The molecule has 1 rings (SSSR count). The molecule has 64 valence electrons. The molecule has 1 aromatic heterocycles.